The SMILES string of the molecule is C[Si](C)(C)O/C=C1\N=C(Cc2ccccc2)OC1=O. The highest BCUT2D eigenvalue weighted by molar-refractivity contribution is 6.69. The van der Waals surface area contributed by atoms with Gasteiger partial charge >= 0.3 is 5.97 Å². The quantitative estimate of drug-likeness (QED) is 0.367. The van der Waals surface area contributed by atoms with Gasteiger partial charge in [-0.25, -0.2) is 9.79 Å². The number of cyclic esters (lactones) is 1. The molecule has 1 aliphatic heterocycles. The van der Waals surface area contributed by atoms with Crippen molar-refractivity contribution in [1.29, 1.82) is 0 Å². The molecule has 1 aliphatic rings. The smallest absolute Gasteiger partial charge is 0.366 e. The number of hydrogen-bond acceptors (Lipinski definition) is 4. The van der Waals surface area contributed by atoms with E-state index in [0.717, 1.165) is 5.56 Å². The highest BCUT2D eigenvalue weighted by Gasteiger charge is 2.24. The summed E-state index contributed by atoms with van der Waals surface area (Å²) in [5.74, 6) is -0.0224. The number of esters is 1. The molecule has 0 N–H and O–H groups in total. The van der Waals surface area contributed by atoms with Crippen LogP contribution >= 0.6 is 0 Å². The van der Waals surface area contributed by atoms with Crippen LogP contribution in [0.4, 0.5) is 0 Å². The molecule has 0 unspecified atom stereocenters. The molecule has 19 heavy (non-hydrogen) atoms. The van der Waals surface area contributed by atoms with Crippen LogP contribution in [0, 0.1) is 0 Å². The minimum atomic E-state index is -1.70. The molecule has 100 valence electrons. The molecule has 1 aromatic carbocycles. The van der Waals surface area contributed by atoms with Crippen LogP contribution in [0.1, 0.15) is 5.56 Å². The number of carbonyl (C=O) groups excluding carboxylic acids is 1. The lowest BCUT2D eigenvalue weighted by atomic mass is 10.1. The van der Waals surface area contributed by atoms with Gasteiger partial charge in [0.2, 0.25) is 14.2 Å². The van der Waals surface area contributed by atoms with Crippen molar-refractivity contribution in [3.05, 3.63) is 47.9 Å². The lowest BCUT2D eigenvalue weighted by Crippen LogP contribution is -2.22. The van der Waals surface area contributed by atoms with Crippen molar-refractivity contribution in [3.8, 4) is 0 Å². The number of benzene rings is 1. The molecule has 0 fully saturated rings. The summed E-state index contributed by atoms with van der Waals surface area (Å²) < 4.78 is 10.7. The highest BCUT2D eigenvalue weighted by Crippen LogP contribution is 2.15. The molecule has 5 heteroatoms. The van der Waals surface area contributed by atoms with Crippen molar-refractivity contribution < 1.29 is 14.0 Å². The fourth-order valence-electron chi connectivity index (χ4n) is 1.52. The Morgan fingerprint density at radius 2 is 1.95 bits per heavy atom. The normalized spacial score (nSPS) is 17.3. The fraction of sp³-hybridized carbons (Fsp3) is 0.286. The maximum atomic E-state index is 11.6. The van der Waals surface area contributed by atoms with Crippen LogP contribution in [0.3, 0.4) is 0 Å². The Kier molecular flexibility index (Phi) is 3.85. The Labute approximate surface area is 113 Å². The van der Waals surface area contributed by atoms with Crippen LogP contribution in [-0.2, 0) is 20.4 Å². The standard InChI is InChI=1S/C14H17NO3Si/c1-19(2,3)17-10-12-14(16)18-13(15-12)9-11-7-5-4-6-8-11/h4-8,10H,9H2,1-3H3/b12-10-. The zero-order chi connectivity index (χ0) is 13.9. The number of carbonyl (C=O) groups is 1. The van der Waals surface area contributed by atoms with E-state index in [0.29, 0.717) is 12.3 Å². The number of aliphatic imine (C=N–C) groups is 1. The molecule has 0 bridgehead atoms. The monoisotopic (exact) mass is 275 g/mol. The van der Waals surface area contributed by atoms with Gasteiger partial charge in [-0.3, -0.25) is 0 Å². The third kappa shape index (κ3) is 4.06. The van der Waals surface area contributed by atoms with Crippen LogP contribution in [0.5, 0.6) is 0 Å². The lowest BCUT2D eigenvalue weighted by Gasteiger charge is -2.14. The van der Waals surface area contributed by atoms with Gasteiger partial charge < -0.3 is 9.16 Å². The van der Waals surface area contributed by atoms with E-state index in [4.69, 9.17) is 9.16 Å². The topological polar surface area (TPSA) is 47.9 Å². The molecule has 0 amide bonds. The molecule has 0 radical (unpaired) electrons. The highest BCUT2D eigenvalue weighted by atomic mass is 28.4. The maximum Gasteiger partial charge on any atom is 0.366 e. The Hall–Kier alpha value is -1.88. The second-order valence-electron chi connectivity index (χ2n) is 5.29. The van der Waals surface area contributed by atoms with E-state index in [2.05, 4.69) is 4.99 Å². The summed E-state index contributed by atoms with van der Waals surface area (Å²) in [7, 11) is -1.70. The van der Waals surface area contributed by atoms with E-state index in [1.165, 1.54) is 6.26 Å². The first-order valence-corrected chi connectivity index (χ1v) is 9.56. The van der Waals surface area contributed by atoms with E-state index >= 15 is 0 Å². The van der Waals surface area contributed by atoms with Gasteiger partial charge in [-0.05, 0) is 25.2 Å². The first-order chi connectivity index (χ1) is 8.94. The van der Waals surface area contributed by atoms with E-state index in [1.54, 1.807) is 0 Å². The van der Waals surface area contributed by atoms with Crippen LogP contribution in [-0.4, -0.2) is 20.2 Å². The molecule has 2 rings (SSSR count). The Bertz CT molecular complexity index is 529. The third-order valence-electron chi connectivity index (χ3n) is 2.39. The third-order valence-corrected chi connectivity index (χ3v) is 3.21. The molecular weight excluding hydrogens is 258 g/mol. The predicted octanol–water partition coefficient (Wildman–Crippen LogP) is 2.88. The van der Waals surface area contributed by atoms with E-state index < -0.39 is 14.3 Å². The summed E-state index contributed by atoms with van der Waals surface area (Å²) in [4.78, 5) is 15.8. The van der Waals surface area contributed by atoms with Crippen LogP contribution in [0.25, 0.3) is 0 Å². The number of ether oxygens (including phenoxy) is 1. The van der Waals surface area contributed by atoms with Crippen molar-refractivity contribution in [2.45, 2.75) is 26.1 Å². The van der Waals surface area contributed by atoms with Gasteiger partial charge in [0.15, 0.2) is 5.70 Å². The molecule has 4 nitrogen and oxygen atoms in total. The van der Waals surface area contributed by atoms with Crippen molar-refractivity contribution in [2.24, 2.45) is 4.99 Å². The summed E-state index contributed by atoms with van der Waals surface area (Å²) in [6, 6.07) is 9.77. The molecule has 0 spiro atoms. The van der Waals surface area contributed by atoms with E-state index in [1.807, 2.05) is 50.0 Å². The van der Waals surface area contributed by atoms with E-state index in [-0.39, 0.29) is 5.70 Å². The summed E-state index contributed by atoms with van der Waals surface area (Å²) in [5, 5.41) is 0. The Balaban J connectivity index is 2.07. The average molecular weight is 275 g/mol. The zero-order valence-corrected chi connectivity index (χ0v) is 12.3. The van der Waals surface area contributed by atoms with Crippen molar-refractivity contribution >= 4 is 20.2 Å². The first-order valence-electron chi connectivity index (χ1n) is 6.16. The molecule has 1 aromatic rings. The second kappa shape index (κ2) is 5.40. The van der Waals surface area contributed by atoms with Crippen LogP contribution in [0.15, 0.2) is 47.3 Å². The first kappa shape index (κ1) is 13.5. The zero-order valence-electron chi connectivity index (χ0n) is 11.3. The van der Waals surface area contributed by atoms with Gasteiger partial charge in [-0.1, -0.05) is 30.3 Å². The minimum absolute atomic E-state index is 0.244. The predicted molar refractivity (Wildman–Crippen MR) is 76.2 cm³/mol. The minimum Gasteiger partial charge on any atom is -0.548 e. The number of nitrogens with zero attached hydrogens (tertiary/aromatic N) is 1. The van der Waals surface area contributed by atoms with Gasteiger partial charge in [0.1, 0.15) is 0 Å². The fourth-order valence-corrected chi connectivity index (χ4v) is 1.98. The van der Waals surface area contributed by atoms with Gasteiger partial charge in [0.05, 0.1) is 6.26 Å². The van der Waals surface area contributed by atoms with Gasteiger partial charge in [-0.15, -0.1) is 0 Å². The van der Waals surface area contributed by atoms with E-state index in [9.17, 15) is 4.79 Å². The summed E-state index contributed by atoms with van der Waals surface area (Å²) in [6.45, 7) is 6.12. The molecule has 0 saturated heterocycles. The van der Waals surface area contributed by atoms with Crippen molar-refractivity contribution in [1.82, 2.24) is 0 Å². The number of rotatable bonds is 4. The van der Waals surface area contributed by atoms with Gasteiger partial charge in [0.25, 0.3) is 0 Å². The molecule has 0 aromatic heterocycles. The lowest BCUT2D eigenvalue weighted by molar-refractivity contribution is -0.130. The summed E-state index contributed by atoms with van der Waals surface area (Å²) >= 11 is 0. The van der Waals surface area contributed by atoms with Crippen molar-refractivity contribution in [3.63, 3.8) is 0 Å². The molecule has 0 atom stereocenters. The molecule has 0 aliphatic carbocycles. The summed E-state index contributed by atoms with van der Waals surface area (Å²) in [5.41, 5.74) is 1.30. The van der Waals surface area contributed by atoms with Gasteiger partial charge in [0, 0.05) is 6.42 Å². The van der Waals surface area contributed by atoms with Crippen LogP contribution < -0.4 is 0 Å². The van der Waals surface area contributed by atoms with Crippen LogP contribution in [0.2, 0.25) is 19.6 Å². The molecule has 1 heterocycles. The number of hydrogen-bond donors (Lipinski definition) is 0. The molecular formula is C14H17NO3Si. The second-order valence-corrected chi connectivity index (χ2v) is 9.75. The largest absolute Gasteiger partial charge is 0.548 e. The Morgan fingerprint density at radius 3 is 2.58 bits per heavy atom. The van der Waals surface area contributed by atoms with Crippen molar-refractivity contribution in [2.75, 3.05) is 0 Å². The summed E-state index contributed by atoms with van der Waals surface area (Å²) in [6.07, 6.45) is 1.93. The van der Waals surface area contributed by atoms with Gasteiger partial charge in [-0.2, -0.15) is 0 Å². The Morgan fingerprint density at radius 1 is 1.26 bits per heavy atom. The average Bonchev–Trinajstić information content (AvgIpc) is 2.67. The molecule has 0 saturated carbocycles. The maximum absolute atomic E-state index is 11.6.